The summed E-state index contributed by atoms with van der Waals surface area (Å²) < 4.78 is 11.5. The van der Waals surface area contributed by atoms with Crippen LogP contribution in [0.1, 0.15) is 25.7 Å². The molecule has 0 aromatic carbocycles. The molecule has 3 heterocycles. The maximum atomic E-state index is 5.47. The molecule has 2 nitrogen and oxygen atoms in total. The van der Waals surface area contributed by atoms with Gasteiger partial charge in [0.2, 0.25) is 0 Å². The van der Waals surface area contributed by atoms with Crippen LogP contribution >= 0.6 is 21.6 Å². The Hall–Kier alpha value is 0.620. The molecular weight excluding hydrogens is 228 g/mol. The largest absolute Gasteiger partial charge is 0.381 e. The van der Waals surface area contributed by atoms with E-state index < -0.39 is 0 Å². The molecule has 0 aromatic rings. The highest BCUT2D eigenvalue weighted by Gasteiger charge is 2.57. The SMILES string of the molecule is C1CC(C2(C3CCOCC3)SS2)CCO1. The third-order valence-electron chi connectivity index (χ3n) is 3.86. The van der Waals surface area contributed by atoms with Crippen LogP contribution in [0.2, 0.25) is 0 Å². The van der Waals surface area contributed by atoms with E-state index in [2.05, 4.69) is 21.6 Å². The Bertz CT molecular complexity index is 199. The van der Waals surface area contributed by atoms with Crippen LogP contribution in [-0.4, -0.2) is 30.5 Å². The maximum Gasteiger partial charge on any atom is 0.0877 e. The Balaban J connectivity index is 1.66. The molecule has 0 amide bonds. The van der Waals surface area contributed by atoms with Crippen molar-refractivity contribution in [3.63, 3.8) is 0 Å². The van der Waals surface area contributed by atoms with Crippen LogP contribution in [0.3, 0.4) is 0 Å². The quantitative estimate of drug-likeness (QED) is 0.550. The molecule has 0 unspecified atom stereocenters. The minimum atomic E-state index is 0.563. The molecule has 3 rings (SSSR count). The van der Waals surface area contributed by atoms with Crippen molar-refractivity contribution in [2.45, 2.75) is 29.8 Å². The molecular formula is C11H18O2S2. The third-order valence-corrected chi connectivity index (χ3v) is 7.40. The standard InChI is InChI=1S/C11H18O2S2/c1-5-12-6-2-9(1)11(14-15-11)10-3-7-13-8-4-10/h9-10H,1-8H2. The van der Waals surface area contributed by atoms with Gasteiger partial charge in [-0.3, -0.25) is 0 Å². The number of ether oxygens (including phenoxy) is 2. The van der Waals surface area contributed by atoms with Crippen LogP contribution in [0.4, 0.5) is 0 Å². The first-order valence-corrected chi connectivity index (χ1v) is 8.09. The van der Waals surface area contributed by atoms with Gasteiger partial charge in [0.25, 0.3) is 0 Å². The van der Waals surface area contributed by atoms with Gasteiger partial charge < -0.3 is 9.47 Å². The number of rotatable bonds is 2. The van der Waals surface area contributed by atoms with Crippen LogP contribution in [0, 0.1) is 11.8 Å². The summed E-state index contributed by atoms with van der Waals surface area (Å²) in [6.45, 7) is 3.93. The minimum absolute atomic E-state index is 0.563. The lowest BCUT2D eigenvalue weighted by atomic mass is 9.83. The Kier molecular flexibility index (Phi) is 3.21. The molecule has 3 aliphatic rings. The third kappa shape index (κ3) is 2.06. The molecule has 0 N–H and O–H groups in total. The van der Waals surface area contributed by atoms with E-state index in [4.69, 9.17) is 9.47 Å². The second-order valence-electron chi connectivity index (χ2n) is 4.66. The Morgan fingerprint density at radius 2 is 1.13 bits per heavy atom. The van der Waals surface area contributed by atoms with Crippen LogP contribution in [-0.2, 0) is 9.47 Å². The highest BCUT2D eigenvalue weighted by Crippen LogP contribution is 2.74. The van der Waals surface area contributed by atoms with Crippen LogP contribution in [0.15, 0.2) is 0 Å². The zero-order valence-electron chi connectivity index (χ0n) is 8.94. The van der Waals surface area contributed by atoms with Crippen LogP contribution < -0.4 is 0 Å². The molecule has 0 spiro atoms. The maximum absolute atomic E-state index is 5.47. The fraction of sp³-hybridized carbons (Fsp3) is 1.00. The van der Waals surface area contributed by atoms with Gasteiger partial charge in [0, 0.05) is 26.4 Å². The average molecular weight is 246 g/mol. The molecule has 0 bridgehead atoms. The Morgan fingerprint density at radius 3 is 1.47 bits per heavy atom. The van der Waals surface area contributed by atoms with Gasteiger partial charge >= 0.3 is 0 Å². The van der Waals surface area contributed by atoms with E-state index in [-0.39, 0.29) is 0 Å². The zero-order chi connectivity index (χ0) is 10.1. The Labute approximate surface area is 99.2 Å². The summed E-state index contributed by atoms with van der Waals surface area (Å²) in [6, 6.07) is 0. The summed E-state index contributed by atoms with van der Waals surface area (Å²) in [5.74, 6) is 1.79. The van der Waals surface area contributed by atoms with Crippen molar-refractivity contribution in [1.82, 2.24) is 0 Å². The highest BCUT2D eigenvalue weighted by atomic mass is 33.2. The fourth-order valence-electron chi connectivity index (χ4n) is 2.85. The van der Waals surface area contributed by atoms with Crippen molar-refractivity contribution in [3.05, 3.63) is 0 Å². The minimum Gasteiger partial charge on any atom is -0.381 e. The van der Waals surface area contributed by atoms with Crippen LogP contribution in [0.5, 0.6) is 0 Å². The predicted molar refractivity (Wildman–Crippen MR) is 65.0 cm³/mol. The van der Waals surface area contributed by atoms with Gasteiger partial charge in [-0.15, -0.1) is 0 Å². The topological polar surface area (TPSA) is 18.5 Å². The van der Waals surface area contributed by atoms with E-state index >= 15 is 0 Å². The lowest BCUT2D eigenvalue weighted by molar-refractivity contribution is 0.0324. The zero-order valence-corrected chi connectivity index (χ0v) is 10.6. The molecule has 0 aliphatic carbocycles. The van der Waals surface area contributed by atoms with Gasteiger partial charge in [0.1, 0.15) is 0 Å². The highest BCUT2D eigenvalue weighted by molar-refractivity contribution is 8.93. The van der Waals surface area contributed by atoms with Gasteiger partial charge in [-0.05, 0) is 37.5 Å². The second-order valence-corrected chi connectivity index (χ2v) is 7.60. The Morgan fingerprint density at radius 1 is 0.733 bits per heavy atom. The van der Waals surface area contributed by atoms with E-state index in [0.717, 1.165) is 38.3 Å². The van der Waals surface area contributed by atoms with E-state index in [9.17, 15) is 0 Å². The molecule has 0 radical (unpaired) electrons. The molecule has 3 saturated heterocycles. The van der Waals surface area contributed by atoms with Gasteiger partial charge in [0.15, 0.2) is 0 Å². The summed E-state index contributed by atoms with van der Waals surface area (Å²) in [5.41, 5.74) is 0. The molecule has 4 heteroatoms. The summed E-state index contributed by atoms with van der Waals surface area (Å²) in [6.07, 6.45) is 5.10. The van der Waals surface area contributed by atoms with Crippen molar-refractivity contribution in [2.75, 3.05) is 26.4 Å². The van der Waals surface area contributed by atoms with Crippen molar-refractivity contribution in [2.24, 2.45) is 11.8 Å². The summed E-state index contributed by atoms with van der Waals surface area (Å²) in [5, 5.41) is 0. The van der Waals surface area contributed by atoms with Gasteiger partial charge in [-0.25, -0.2) is 0 Å². The second kappa shape index (κ2) is 4.47. The fourth-order valence-corrected chi connectivity index (χ4v) is 6.36. The smallest absolute Gasteiger partial charge is 0.0877 e. The molecule has 0 saturated carbocycles. The summed E-state index contributed by atoms with van der Waals surface area (Å²) in [7, 11) is 4.27. The predicted octanol–water partition coefficient (Wildman–Crippen LogP) is 2.93. The summed E-state index contributed by atoms with van der Waals surface area (Å²) in [4.78, 5) is 0. The number of hydrogen-bond acceptors (Lipinski definition) is 4. The van der Waals surface area contributed by atoms with Crippen molar-refractivity contribution in [1.29, 1.82) is 0 Å². The first-order valence-electron chi connectivity index (χ1n) is 5.94. The van der Waals surface area contributed by atoms with Gasteiger partial charge in [-0.2, -0.15) is 0 Å². The lowest BCUT2D eigenvalue weighted by Gasteiger charge is -2.35. The molecule has 15 heavy (non-hydrogen) atoms. The first kappa shape index (κ1) is 10.8. The summed E-state index contributed by atoms with van der Waals surface area (Å²) >= 11 is 0. The normalized spacial score (nSPS) is 32.8. The molecule has 86 valence electrons. The monoisotopic (exact) mass is 246 g/mol. The van der Waals surface area contributed by atoms with Gasteiger partial charge in [-0.1, -0.05) is 21.6 Å². The molecule has 0 atom stereocenters. The van der Waals surface area contributed by atoms with E-state index in [0.29, 0.717) is 4.08 Å². The lowest BCUT2D eigenvalue weighted by Crippen LogP contribution is -2.36. The molecule has 3 fully saturated rings. The van der Waals surface area contributed by atoms with E-state index in [1.165, 1.54) is 25.7 Å². The number of hydrogen-bond donors (Lipinski definition) is 0. The average Bonchev–Trinajstić information content (AvgIpc) is 3.13. The van der Waals surface area contributed by atoms with Crippen LogP contribution in [0.25, 0.3) is 0 Å². The van der Waals surface area contributed by atoms with E-state index in [1.807, 2.05) is 0 Å². The molecule has 0 aromatic heterocycles. The van der Waals surface area contributed by atoms with Gasteiger partial charge in [0.05, 0.1) is 4.08 Å². The first-order chi connectivity index (χ1) is 7.42. The van der Waals surface area contributed by atoms with Crippen molar-refractivity contribution >= 4 is 21.6 Å². The van der Waals surface area contributed by atoms with E-state index in [1.54, 1.807) is 0 Å². The molecule has 3 aliphatic heterocycles. The van der Waals surface area contributed by atoms with Crippen molar-refractivity contribution in [3.8, 4) is 0 Å². The van der Waals surface area contributed by atoms with Crippen molar-refractivity contribution < 1.29 is 9.47 Å².